The van der Waals surface area contributed by atoms with Gasteiger partial charge in [-0.2, -0.15) is 11.8 Å². The number of nitrogens with one attached hydrogen (secondary N) is 2. The van der Waals surface area contributed by atoms with Gasteiger partial charge in [-0.3, -0.25) is 4.99 Å². The van der Waals surface area contributed by atoms with Gasteiger partial charge in [0.1, 0.15) is 0 Å². The van der Waals surface area contributed by atoms with Crippen molar-refractivity contribution in [1.29, 1.82) is 0 Å². The highest BCUT2D eigenvalue weighted by Crippen LogP contribution is 2.19. The number of rotatable bonds is 7. The Labute approximate surface area is 158 Å². The van der Waals surface area contributed by atoms with Gasteiger partial charge < -0.3 is 15.5 Å². The first-order valence-electron chi connectivity index (χ1n) is 8.19. The lowest BCUT2D eigenvalue weighted by atomic mass is 9.99. The molecule has 0 saturated carbocycles. The lowest BCUT2D eigenvalue weighted by molar-refractivity contribution is 0.191. The fraction of sp³-hybridized carbons (Fsp3) is 0.938. The third-order valence-electron chi connectivity index (χ3n) is 4.28. The Balaban J connectivity index is 0.00000441. The van der Waals surface area contributed by atoms with E-state index in [1.54, 1.807) is 0 Å². The number of hydrogen-bond acceptors (Lipinski definition) is 3. The molecule has 1 rings (SSSR count). The number of aliphatic imine (C=N–C) groups is 1. The van der Waals surface area contributed by atoms with E-state index in [0.717, 1.165) is 25.0 Å². The minimum absolute atomic E-state index is 0. The first-order valence-corrected chi connectivity index (χ1v) is 9.41. The molecule has 1 aliphatic rings. The lowest BCUT2D eigenvalue weighted by Gasteiger charge is -2.30. The number of hydrogen-bond donors (Lipinski definition) is 2. The molecule has 0 bridgehead atoms. The van der Waals surface area contributed by atoms with Crippen LogP contribution in [0.4, 0.5) is 0 Å². The number of thioether (sulfide) groups is 1. The highest BCUT2D eigenvalue weighted by Gasteiger charge is 2.16. The number of halogens is 1. The van der Waals surface area contributed by atoms with Crippen molar-refractivity contribution in [2.45, 2.75) is 44.8 Å². The molecule has 0 amide bonds. The fourth-order valence-electron chi connectivity index (χ4n) is 2.38. The molecule has 0 spiro atoms. The summed E-state index contributed by atoms with van der Waals surface area (Å²) in [5.74, 6) is 1.84. The molecule has 0 aliphatic carbocycles. The molecule has 1 aliphatic heterocycles. The molecule has 4 nitrogen and oxygen atoms in total. The largest absolute Gasteiger partial charge is 0.356 e. The zero-order chi connectivity index (χ0) is 15.7. The van der Waals surface area contributed by atoms with E-state index in [1.807, 2.05) is 18.8 Å². The minimum atomic E-state index is 0. The Kier molecular flexibility index (Phi) is 12.0. The topological polar surface area (TPSA) is 39.7 Å². The highest BCUT2D eigenvalue weighted by atomic mass is 127. The zero-order valence-corrected chi connectivity index (χ0v) is 18.1. The van der Waals surface area contributed by atoms with Crippen molar-refractivity contribution in [2.75, 3.05) is 46.0 Å². The molecule has 2 N–H and O–H groups in total. The number of guanidine groups is 1. The monoisotopic (exact) mass is 442 g/mol. The molecule has 1 saturated heterocycles. The molecule has 1 fully saturated rings. The molecule has 0 unspecified atom stereocenters. The maximum absolute atomic E-state index is 4.29. The molecule has 0 aromatic carbocycles. The molecule has 1 heterocycles. The summed E-state index contributed by atoms with van der Waals surface area (Å²) in [5.41, 5.74) is 0. The van der Waals surface area contributed by atoms with Gasteiger partial charge in [0.2, 0.25) is 0 Å². The maximum atomic E-state index is 4.29. The van der Waals surface area contributed by atoms with Crippen molar-refractivity contribution in [3.8, 4) is 0 Å². The van der Waals surface area contributed by atoms with Gasteiger partial charge >= 0.3 is 0 Å². The first kappa shape index (κ1) is 22.3. The summed E-state index contributed by atoms with van der Waals surface area (Å²) in [4.78, 5) is 6.88. The van der Waals surface area contributed by atoms with E-state index in [1.165, 1.54) is 38.9 Å². The van der Waals surface area contributed by atoms with Crippen molar-refractivity contribution in [1.82, 2.24) is 15.5 Å². The third-order valence-corrected chi connectivity index (χ3v) is 5.53. The summed E-state index contributed by atoms with van der Waals surface area (Å²) in [6.07, 6.45) is 6.05. The van der Waals surface area contributed by atoms with E-state index in [4.69, 9.17) is 0 Å². The molecule has 22 heavy (non-hydrogen) atoms. The van der Waals surface area contributed by atoms with E-state index in [0.29, 0.717) is 0 Å². The second-order valence-corrected chi connectivity index (χ2v) is 8.21. The van der Waals surface area contributed by atoms with Gasteiger partial charge in [-0.15, -0.1) is 24.0 Å². The SMILES string of the molecule is CN=C(NCCCN1CCC(C)CC1)NCC(C)(C)SC.I. The van der Waals surface area contributed by atoms with Crippen molar-refractivity contribution in [2.24, 2.45) is 10.9 Å². The van der Waals surface area contributed by atoms with Gasteiger partial charge in [0.05, 0.1) is 0 Å². The predicted octanol–water partition coefficient (Wildman–Crippen LogP) is 3.03. The second kappa shape index (κ2) is 11.8. The van der Waals surface area contributed by atoms with E-state index >= 15 is 0 Å². The van der Waals surface area contributed by atoms with E-state index < -0.39 is 0 Å². The first-order chi connectivity index (χ1) is 9.96. The Morgan fingerprint density at radius 2 is 1.91 bits per heavy atom. The van der Waals surface area contributed by atoms with E-state index in [9.17, 15) is 0 Å². The van der Waals surface area contributed by atoms with Gasteiger partial charge in [0.15, 0.2) is 5.96 Å². The van der Waals surface area contributed by atoms with Crippen LogP contribution in [0.15, 0.2) is 4.99 Å². The zero-order valence-electron chi connectivity index (χ0n) is 14.9. The molecule has 6 heteroatoms. The van der Waals surface area contributed by atoms with Crippen LogP contribution in [0.1, 0.15) is 40.0 Å². The number of likely N-dealkylation sites (tertiary alicyclic amines) is 1. The Bertz CT molecular complexity index is 315. The Morgan fingerprint density at radius 3 is 2.45 bits per heavy atom. The highest BCUT2D eigenvalue weighted by molar-refractivity contribution is 14.0. The molecule has 132 valence electrons. The number of piperidine rings is 1. The average molecular weight is 442 g/mol. The Hall–Kier alpha value is 0.310. The quantitative estimate of drug-likeness (QED) is 0.275. The summed E-state index contributed by atoms with van der Waals surface area (Å²) in [6.45, 7) is 12.5. The normalized spacial score (nSPS) is 18.0. The van der Waals surface area contributed by atoms with Gasteiger partial charge in [0, 0.05) is 24.9 Å². The van der Waals surface area contributed by atoms with Crippen LogP contribution in [-0.4, -0.2) is 61.6 Å². The van der Waals surface area contributed by atoms with Gasteiger partial charge in [-0.05, 0) is 64.9 Å². The van der Waals surface area contributed by atoms with Crippen molar-refractivity contribution < 1.29 is 0 Å². The average Bonchev–Trinajstić information content (AvgIpc) is 2.48. The van der Waals surface area contributed by atoms with Crippen LogP contribution >= 0.6 is 35.7 Å². The van der Waals surface area contributed by atoms with Crippen molar-refractivity contribution in [3.63, 3.8) is 0 Å². The molecule has 0 radical (unpaired) electrons. The van der Waals surface area contributed by atoms with Crippen molar-refractivity contribution >= 4 is 41.7 Å². The minimum Gasteiger partial charge on any atom is -0.356 e. The smallest absolute Gasteiger partial charge is 0.191 e. The molecular formula is C16H35IN4S. The summed E-state index contributed by atoms with van der Waals surface area (Å²) in [5, 5.41) is 6.83. The van der Waals surface area contributed by atoms with E-state index in [-0.39, 0.29) is 28.7 Å². The van der Waals surface area contributed by atoms with Crippen molar-refractivity contribution in [3.05, 3.63) is 0 Å². The van der Waals surface area contributed by atoms with E-state index in [2.05, 4.69) is 47.6 Å². The molecule has 0 aromatic heterocycles. The van der Waals surface area contributed by atoms with Crippen LogP contribution < -0.4 is 10.6 Å². The molecule has 0 aromatic rings. The maximum Gasteiger partial charge on any atom is 0.191 e. The molecular weight excluding hydrogens is 407 g/mol. The summed E-state index contributed by atoms with van der Waals surface area (Å²) < 4.78 is 0.238. The summed E-state index contributed by atoms with van der Waals surface area (Å²) >= 11 is 1.87. The standard InChI is InChI=1S/C16H34N4S.HI/c1-14-7-11-20(12-8-14)10-6-9-18-15(17-4)19-13-16(2,3)21-5;/h14H,6-13H2,1-5H3,(H2,17,18,19);1H. The fourth-order valence-corrected chi connectivity index (χ4v) is 2.60. The second-order valence-electron chi connectivity index (χ2n) is 6.69. The molecule has 0 atom stereocenters. The van der Waals surface area contributed by atoms with Crippen LogP contribution in [0, 0.1) is 5.92 Å². The lowest BCUT2D eigenvalue weighted by Crippen LogP contribution is -2.44. The van der Waals surface area contributed by atoms with Crippen LogP contribution in [0.2, 0.25) is 0 Å². The van der Waals surface area contributed by atoms with Crippen LogP contribution in [-0.2, 0) is 0 Å². The van der Waals surface area contributed by atoms with Gasteiger partial charge in [-0.1, -0.05) is 6.92 Å². The van der Waals surface area contributed by atoms with Crippen LogP contribution in [0.5, 0.6) is 0 Å². The van der Waals surface area contributed by atoms with Crippen LogP contribution in [0.3, 0.4) is 0 Å². The van der Waals surface area contributed by atoms with Gasteiger partial charge in [0.25, 0.3) is 0 Å². The summed E-state index contributed by atoms with van der Waals surface area (Å²) in [6, 6.07) is 0. The van der Waals surface area contributed by atoms with Gasteiger partial charge in [-0.25, -0.2) is 0 Å². The third kappa shape index (κ3) is 9.45. The Morgan fingerprint density at radius 1 is 1.27 bits per heavy atom. The van der Waals surface area contributed by atoms with Crippen LogP contribution in [0.25, 0.3) is 0 Å². The number of nitrogens with zero attached hydrogens (tertiary/aromatic N) is 2. The summed E-state index contributed by atoms with van der Waals surface area (Å²) in [7, 11) is 1.84. The predicted molar refractivity (Wildman–Crippen MR) is 112 cm³/mol.